The van der Waals surface area contributed by atoms with Crippen molar-refractivity contribution in [3.05, 3.63) is 53.4 Å². The highest BCUT2D eigenvalue weighted by molar-refractivity contribution is 6.05. The van der Waals surface area contributed by atoms with Gasteiger partial charge in [0.05, 0.1) is 6.61 Å². The van der Waals surface area contributed by atoms with Gasteiger partial charge in [0.15, 0.2) is 11.5 Å². The van der Waals surface area contributed by atoms with Gasteiger partial charge in [-0.25, -0.2) is 4.98 Å². The number of fused-ring (bicyclic) bond motifs is 2. The van der Waals surface area contributed by atoms with E-state index in [2.05, 4.69) is 10.3 Å². The summed E-state index contributed by atoms with van der Waals surface area (Å²) in [4.78, 5) is 16.9. The molecule has 2 heterocycles. The van der Waals surface area contributed by atoms with Crippen LogP contribution >= 0.6 is 0 Å². The van der Waals surface area contributed by atoms with Gasteiger partial charge in [-0.1, -0.05) is 13.8 Å². The molecule has 1 aliphatic heterocycles. The number of anilines is 1. The maximum absolute atomic E-state index is 12.5. The van der Waals surface area contributed by atoms with Crippen LogP contribution in [-0.4, -0.2) is 17.5 Å². The van der Waals surface area contributed by atoms with Crippen molar-refractivity contribution < 1.29 is 13.9 Å². The second kappa shape index (κ2) is 5.67. The van der Waals surface area contributed by atoms with E-state index >= 15 is 0 Å². The summed E-state index contributed by atoms with van der Waals surface area (Å²) < 4.78 is 11.2. The fourth-order valence-electron chi connectivity index (χ4n) is 2.80. The fourth-order valence-corrected chi connectivity index (χ4v) is 2.80. The Morgan fingerprint density at radius 1 is 1.21 bits per heavy atom. The molecule has 0 atom stereocenters. The number of hydrogen-bond acceptors (Lipinski definition) is 4. The van der Waals surface area contributed by atoms with E-state index in [0.29, 0.717) is 23.7 Å². The SMILES string of the molecule is CC(C)c1nc2cc(NC(=O)c3ccc4c(c3)CCO4)ccc2o1. The van der Waals surface area contributed by atoms with Crippen molar-refractivity contribution in [1.29, 1.82) is 0 Å². The molecule has 1 amide bonds. The molecule has 0 saturated carbocycles. The summed E-state index contributed by atoms with van der Waals surface area (Å²) in [7, 11) is 0. The van der Waals surface area contributed by atoms with Crippen LogP contribution in [0.15, 0.2) is 40.8 Å². The zero-order valence-electron chi connectivity index (χ0n) is 13.6. The summed E-state index contributed by atoms with van der Waals surface area (Å²) in [5.41, 5.74) is 3.89. The number of ether oxygens (including phenoxy) is 1. The topological polar surface area (TPSA) is 64.4 Å². The molecule has 24 heavy (non-hydrogen) atoms. The van der Waals surface area contributed by atoms with E-state index in [4.69, 9.17) is 9.15 Å². The van der Waals surface area contributed by atoms with Crippen molar-refractivity contribution in [2.24, 2.45) is 0 Å². The molecule has 1 N–H and O–H groups in total. The van der Waals surface area contributed by atoms with E-state index in [1.807, 2.05) is 44.2 Å². The largest absolute Gasteiger partial charge is 0.493 e. The van der Waals surface area contributed by atoms with Crippen LogP contribution in [-0.2, 0) is 6.42 Å². The quantitative estimate of drug-likeness (QED) is 0.787. The summed E-state index contributed by atoms with van der Waals surface area (Å²) in [6.07, 6.45) is 0.847. The first kappa shape index (κ1) is 14.8. The number of nitrogens with one attached hydrogen (secondary N) is 1. The maximum atomic E-state index is 12.5. The van der Waals surface area contributed by atoms with E-state index in [1.54, 1.807) is 6.07 Å². The molecule has 3 aromatic rings. The Kier molecular flexibility index (Phi) is 3.49. The van der Waals surface area contributed by atoms with Crippen molar-refractivity contribution in [2.45, 2.75) is 26.2 Å². The Hall–Kier alpha value is -2.82. The minimum absolute atomic E-state index is 0.142. The van der Waals surface area contributed by atoms with Crippen LogP contribution in [0.4, 0.5) is 5.69 Å². The highest BCUT2D eigenvalue weighted by Gasteiger charge is 2.16. The molecule has 1 aromatic heterocycles. The monoisotopic (exact) mass is 322 g/mol. The van der Waals surface area contributed by atoms with Crippen LogP contribution in [0, 0.1) is 0 Å². The minimum Gasteiger partial charge on any atom is -0.493 e. The van der Waals surface area contributed by atoms with Crippen LogP contribution in [0.3, 0.4) is 0 Å². The lowest BCUT2D eigenvalue weighted by Crippen LogP contribution is -2.11. The van der Waals surface area contributed by atoms with Crippen LogP contribution in [0.25, 0.3) is 11.1 Å². The van der Waals surface area contributed by atoms with Gasteiger partial charge < -0.3 is 14.5 Å². The number of aromatic nitrogens is 1. The molecule has 1 aliphatic rings. The number of amides is 1. The molecule has 0 bridgehead atoms. The fraction of sp³-hybridized carbons (Fsp3) is 0.263. The minimum atomic E-state index is -0.142. The molecule has 5 nitrogen and oxygen atoms in total. The van der Waals surface area contributed by atoms with E-state index < -0.39 is 0 Å². The summed E-state index contributed by atoms with van der Waals surface area (Å²) in [5, 5.41) is 2.92. The van der Waals surface area contributed by atoms with Crippen molar-refractivity contribution in [3.63, 3.8) is 0 Å². The van der Waals surface area contributed by atoms with Crippen LogP contribution in [0.1, 0.15) is 41.6 Å². The molecule has 0 aliphatic carbocycles. The first-order valence-corrected chi connectivity index (χ1v) is 8.08. The molecule has 0 unspecified atom stereocenters. The number of hydrogen-bond donors (Lipinski definition) is 1. The van der Waals surface area contributed by atoms with E-state index in [1.165, 1.54) is 0 Å². The second-order valence-corrected chi connectivity index (χ2v) is 6.26. The summed E-state index contributed by atoms with van der Waals surface area (Å²) in [6, 6.07) is 11.0. The third-order valence-electron chi connectivity index (χ3n) is 4.11. The van der Waals surface area contributed by atoms with Crippen molar-refractivity contribution in [1.82, 2.24) is 4.98 Å². The van der Waals surface area contributed by atoms with Crippen LogP contribution in [0.2, 0.25) is 0 Å². The zero-order valence-corrected chi connectivity index (χ0v) is 13.6. The number of benzene rings is 2. The molecule has 0 saturated heterocycles. The van der Waals surface area contributed by atoms with Gasteiger partial charge >= 0.3 is 0 Å². The molecular formula is C19H18N2O3. The van der Waals surface area contributed by atoms with Crippen molar-refractivity contribution in [2.75, 3.05) is 11.9 Å². The average Bonchev–Trinajstić information content (AvgIpc) is 3.20. The molecule has 0 spiro atoms. The van der Waals surface area contributed by atoms with E-state index in [-0.39, 0.29) is 11.8 Å². The lowest BCUT2D eigenvalue weighted by molar-refractivity contribution is 0.102. The Bertz CT molecular complexity index is 928. The molecule has 2 aromatic carbocycles. The molecule has 0 fully saturated rings. The average molecular weight is 322 g/mol. The summed E-state index contributed by atoms with van der Waals surface area (Å²) in [5.74, 6) is 1.66. The normalized spacial score (nSPS) is 13.1. The highest BCUT2D eigenvalue weighted by Crippen LogP contribution is 2.27. The lowest BCUT2D eigenvalue weighted by atomic mass is 10.1. The predicted octanol–water partition coefficient (Wildman–Crippen LogP) is 4.14. The molecule has 122 valence electrons. The Morgan fingerprint density at radius 3 is 2.92 bits per heavy atom. The van der Waals surface area contributed by atoms with Gasteiger partial charge in [0.25, 0.3) is 5.91 Å². The van der Waals surface area contributed by atoms with Crippen LogP contribution < -0.4 is 10.1 Å². The van der Waals surface area contributed by atoms with E-state index in [9.17, 15) is 4.79 Å². The maximum Gasteiger partial charge on any atom is 0.255 e. The number of carbonyl (C=O) groups is 1. The zero-order chi connectivity index (χ0) is 16.7. The van der Waals surface area contributed by atoms with Gasteiger partial charge in [-0.2, -0.15) is 0 Å². The molecule has 0 radical (unpaired) electrons. The number of carbonyl (C=O) groups excluding carboxylic acids is 1. The Balaban J connectivity index is 1.58. The first-order valence-electron chi connectivity index (χ1n) is 8.08. The first-order chi connectivity index (χ1) is 11.6. The third kappa shape index (κ3) is 2.62. The highest BCUT2D eigenvalue weighted by atomic mass is 16.5. The molecule has 4 rings (SSSR count). The molecule has 5 heteroatoms. The predicted molar refractivity (Wildman–Crippen MR) is 91.7 cm³/mol. The summed E-state index contributed by atoms with van der Waals surface area (Å²) >= 11 is 0. The Morgan fingerprint density at radius 2 is 2.08 bits per heavy atom. The van der Waals surface area contributed by atoms with Gasteiger partial charge in [-0.05, 0) is 42.0 Å². The van der Waals surface area contributed by atoms with Gasteiger partial charge in [-0.15, -0.1) is 0 Å². The van der Waals surface area contributed by atoms with Crippen molar-refractivity contribution in [3.8, 4) is 5.75 Å². The van der Waals surface area contributed by atoms with Gasteiger partial charge in [0, 0.05) is 23.6 Å². The number of rotatable bonds is 3. The van der Waals surface area contributed by atoms with Crippen LogP contribution in [0.5, 0.6) is 5.75 Å². The number of nitrogens with zero attached hydrogens (tertiary/aromatic N) is 1. The van der Waals surface area contributed by atoms with Gasteiger partial charge in [-0.3, -0.25) is 4.79 Å². The van der Waals surface area contributed by atoms with Crippen molar-refractivity contribution >= 4 is 22.7 Å². The van der Waals surface area contributed by atoms with Gasteiger partial charge in [0.2, 0.25) is 0 Å². The standard InChI is InChI=1S/C19H18N2O3/c1-11(2)19-21-15-10-14(4-6-17(15)24-19)20-18(22)13-3-5-16-12(9-13)7-8-23-16/h3-6,9-11H,7-8H2,1-2H3,(H,20,22). The second-order valence-electron chi connectivity index (χ2n) is 6.26. The lowest BCUT2D eigenvalue weighted by Gasteiger charge is -2.06. The van der Waals surface area contributed by atoms with E-state index in [0.717, 1.165) is 28.8 Å². The number of oxazole rings is 1. The van der Waals surface area contributed by atoms with Gasteiger partial charge in [0.1, 0.15) is 11.3 Å². The third-order valence-corrected chi connectivity index (χ3v) is 4.11. The Labute approximate surface area is 139 Å². The molecular weight excluding hydrogens is 304 g/mol. The smallest absolute Gasteiger partial charge is 0.255 e. The summed E-state index contributed by atoms with van der Waals surface area (Å²) in [6.45, 7) is 4.75.